The molecular formula is C26H37N3O4. The van der Waals surface area contributed by atoms with E-state index in [1.54, 1.807) is 0 Å². The number of carbonyl (C=O) groups is 2. The number of aliphatic hydroxyl groups is 1. The van der Waals surface area contributed by atoms with Crippen molar-refractivity contribution >= 4 is 22.9 Å². The van der Waals surface area contributed by atoms with Gasteiger partial charge in [-0.3, -0.25) is 4.79 Å². The van der Waals surface area contributed by atoms with Crippen molar-refractivity contribution in [1.82, 2.24) is 14.8 Å². The van der Waals surface area contributed by atoms with Crippen LogP contribution in [0.4, 0.5) is 4.79 Å². The average Bonchev–Trinajstić information content (AvgIpc) is 3.06. The minimum absolute atomic E-state index is 0.101. The summed E-state index contributed by atoms with van der Waals surface area (Å²) in [6.07, 6.45) is 6.30. The van der Waals surface area contributed by atoms with Crippen LogP contribution in [0, 0.1) is 5.92 Å². The fraction of sp³-hybridized carbons (Fsp3) is 0.615. The molecule has 7 heteroatoms. The molecule has 3 unspecified atom stereocenters. The van der Waals surface area contributed by atoms with Gasteiger partial charge in [-0.1, -0.05) is 31.0 Å². The summed E-state index contributed by atoms with van der Waals surface area (Å²) in [4.78, 5) is 28.2. The van der Waals surface area contributed by atoms with Crippen LogP contribution in [-0.4, -0.2) is 56.9 Å². The number of likely N-dealkylation sites (tertiary alicyclic amines) is 1. The molecule has 0 spiro atoms. The first kappa shape index (κ1) is 23.6. The van der Waals surface area contributed by atoms with Gasteiger partial charge in [-0.15, -0.1) is 0 Å². The first-order chi connectivity index (χ1) is 15.6. The third kappa shape index (κ3) is 5.18. The van der Waals surface area contributed by atoms with Gasteiger partial charge >= 0.3 is 6.09 Å². The van der Waals surface area contributed by atoms with Gasteiger partial charge in [-0.2, -0.15) is 0 Å². The summed E-state index contributed by atoms with van der Waals surface area (Å²) in [5.41, 5.74) is 0.787. The molecular weight excluding hydrogens is 418 g/mol. The number of hydrogen-bond acceptors (Lipinski definition) is 4. The van der Waals surface area contributed by atoms with E-state index in [9.17, 15) is 14.7 Å². The Labute approximate surface area is 196 Å². The number of rotatable bonds is 4. The molecule has 2 amide bonds. The third-order valence-electron chi connectivity index (χ3n) is 7.13. The Hall–Kier alpha value is -2.54. The smallest absolute Gasteiger partial charge is 0.408 e. The number of alkyl carbamates (subject to hydrolysis) is 1. The number of piperidine rings is 1. The summed E-state index contributed by atoms with van der Waals surface area (Å²) in [5, 5.41) is 15.0. The predicted octanol–water partition coefficient (Wildman–Crippen LogP) is 3.77. The van der Waals surface area contributed by atoms with E-state index in [0.29, 0.717) is 25.9 Å². The van der Waals surface area contributed by atoms with Gasteiger partial charge in [0.2, 0.25) is 5.91 Å². The van der Waals surface area contributed by atoms with Gasteiger partial charge in [0.15, 0.2) is 0 Å². The summed E-state index contributed by atoms with van der Waals surface area (Å²) < 4.78 is 7.52. The number of ether oxygens (including phenoxy) is 1. The van der Waals surface area contributed by atoms with Crippen molar-refractivity contribution in [3.63, 3.8) is 0 Å². The number of carbonyl (C=O) groups excluding carboxylic acids is 2. The van der Waals surface area contributed by atoms with Crippen LogP contribution in [0.25, 0.3) is 10.9 Å². The van der Waals surface area contributed by atoms with E-state index < -0.39 is 23.3 Å². The minimum atomic E-state index is -0.736. The Bertz CT molecular complexity index is 1020. The number of aryl methyl sites for hydroxylation is 1. The van der Waals surface area contributed by atoms with Crippen molar-refractivity contribution in [3.8, 4) is 0 Å². The Morgan fingerprint density at radius 1 is 1.24 bits per heavy atom. The number of amides is 2. The maximum absolute atomic E-state index is 13.7. The van der Waals surface area contributed by atoms with Crippen molar-refractivity contribution in [2.24, 2.45) is 13.0 Å². The molecule has 1 aliphatic carbocycles. The van der Waals surface area contributed by atoms with Gasteiger partial charge < -0.3 is 24.6 Å². The van der Waals surface area contributed by atoms with E-state index in [2.05, 4.69) is 5.32 Å². The quantitative estimate of drug-likeness (QED) is 0.735. The molecule has 3 atom stereocenters. The Balaban J connectivity index is 1.57. The van der Waals surface area contributed by atoms with Crippen LogP contribution in [0.5, 0.6) is 0 Å². The van der Waals surface area contributed by atoms with Gasteiger partial charge in [-0.05, 0) is 51.7 Å². The zero-order chi connectivity index (χ0) is 23.8. The van der Waals surface area contributed by atoms with Gasteiger partial charge in [-0.25, -0.2) is 4.79 Å². The SMILES string of the molecule is Cn1cc(CC(NC(=O)OC(C)(C)C)C(=O)N2CCC3(O)CCCCC3C2)c2ccccc21. The lowest BCUT2D eigenvalue weighted by molar-refractivity contribution is -0.145. The van der Waals surface area contributed by atoms with Gasteiger partial charge in [0, 0.05) is 49.6 Å². The van der Waals surface area contributed by atoms with Crippen LogP contribution in [0.15, 0.2) is 30.5 Å². The lowest BCUT2D eigenvalue weighted by Gasteiger charge is -2.48. The lowest BCUT2D eigenvalue weighted by Crippen LogP contribution is -2.58. The van der Waals surface area contributed by atoms with Crippen LogP contribution >= 0.6 is 0 Å². The number of para-hydroxylation sites is 1. The predicted molar refractivity (Wildman–Crippen MR) is 128 cm³/mol. The summed E-state index contributed by atoms with van der Waals surface area (Å²) in [5.74, 6) is -0.00917. The molecule has 0 bridgehead atoms. The molecule has 1 saturated carbocycles. The highest BCUT2D eigenvalue weighted by Crippen LogP contribution is 2.40. The fourth-order valence-electron chi connectivity index (χ4n) is 5.45. The third-order valence-corrected chi connectivity index (χ3v) is 7.13. The summed E-state index contributed by atoms with van der Waals surface area (Å²) in [7, 11) is 1.98. The Kier molecular flexibility index (Phi) is 6.45. The highest BCUT2D eigenvalue weighted by Gasteiger charge is 2.44. The molecule has 7 nitrogen and oxygen atoms in total. The molecule has 2 heterocycles. The molecule has 2 aromatic rings. The first-order valence-electron chi connectivity index (χ1n) is 12.1. The lowest BCUT2D eigenvalue weighted by atomic mass is 9.71. The highest BCUT2D eigenvalue weighted by molar-refractivity contribution is 5.88. The molecule has 33 heavy (non-hydrogen) atoms. The molecule has 1 aliphatic heterocycles. The Morgan fingerprint density at radius 2 is 2.00 bits per heavy atom. The summed E-state index contributed by atoms with van der Waals surface area (Å²) >= 11 is 0. The van der Waals surface area contributed by atoms with Gasteiger partial charge in [0.25, 0.3) is 0 Å². The van der Waals surface area contributed by atoms with Crippen LogP contribution in [0.2, 0.25) is 0 Å². The average molecular weight is 456 g/mol. The van der Waals surface area contributed by atoms with Crippen molar-refractivity contribution < 1.29 is 19.4 Å². The number of nitrogens with one attached hydrogen (secondary N) is 1. The monoisotopic (exact) mass is 455 g/mol. The van der Waals surface area contributed by atoms with E-state index >= 15 is 0 Å². The van der Waals surface area contributed by atoms with Crippen LogP contribution in [0.3, 0.4) is 0 Å². The topological polar surface area (TPSA) is 83.8 Å². The van der Waals surface area contributed by atoms with Crippen molar-refractivity contribution in [2.75, 3.05) is 13.1 Å². The maximum Gasteiger partial charge on any atom is 0.408 e. The molecule has 2 aliphatic rings. The molecule has 1 saturated heterocycles. The maximum atomic E-state index is 13.7. The number of nitrogens with zero attached hydrogens (tertiary/aromatic N) is 2. The highest BCUT2D eigenvalue weighted by atomic mass is 16.6. The molecule has 2 N–H and O–H groups in total. The second-order valence-corrected chi connectivity index (χ2v) is 10.8. The molecule has 1 aromatic carbocycles. The molecule has 4 rings (SSSR count). The van der Waals surface area contributed by atoms with Crippen molar-refractivity contribution in [1.29, 1.82) is 0 Å². The molecule has 0 radical (unpaired) electrons. The fourth-order valence-corrected chi connectivity index (χ4v) is 5.45. The van der Waals surface area contributed by atoms with Gasteiger partial charge in [0.05, 0.1) is 5.60 Å². The minimum Gasteiger partial charge on any atom is -0.444 e. The number of benzene rings is 1. The Morgan fingerprint density at radius 3 is 2.76 bits per heavy atom. The van der Waals surface area contributed by atoms with Crippen LogP contribution in [-0.2, 0) is 23.0 Å². The molecule has 2 fully saturated rings. The summed E-state index contributed by atoms with van der Waals surface area (Å²) in [6, 6.07) is 7.33. The second kappa shape index (κ2) is 9.01. The zero-order valence-electron chi connectivity index (χ0n) is 20.3. The largest absolute Gasteiger partial charge is 0.444 e. The number of fused-ring (bicyclic) bond motifs is 2. The zero-order valence-corrected chi connectivity index (χ0v) is 20.3. The van der Waals surface area contributed by atoms with Gasteiger partial charge in [0.1, 0.15) is 11.6 Å². The van der Waals surface area contributed by atoms with E-state index in [1.807, 2.05) is 67.7 Å². The first-order valence-corrected chi connectivity index (χ1v) is 12.1. The van der Waals surface area contributed by atoms with E-state index in [1.165, 1.54) is 0 Å². The summed E-state index contributed by atoms with van der Waals surface area (Å²) in [6.45, 7) is 6.47. The second-order valence-electron chi connectivity index (χ2n) is 10.8. The van der Waals surface area contributed by atoms with E-state index in [-0.39, 0.29) is 11.8 Å². The van der Waals surface area contributed by atoms with Crippen LogP contribution < -0.4 is 5.32 Å². The number of aromatic nitrogens is 1. The molecule has 180 valence electrons. The van der Waals surface area contributed by atoms with E-state index in [4.69, 9.17) is 4.74 Å². The van der Waals surface area contributed by atoms with E-state index in [0.717, 1.165) is 42.1 Å². The normalized spacial score (nSPS) is 24.3. The van der Waals surface area contributed by atoms with Crippen molar-refractivity contribution in [3.05, 3.63) is 36.0 Å². The molecule has 1 aromatic heterocycles. The van der Waals surface area contributed by atoms with Crippen molar-refractivity contribution in [2.45, 2.75) is 76.5 Å². The standard InChI is InChI=1S/C26H37N3O4/c1-25(2,3)33-24(31)27-21(15-18-16-28(4)22-11-6-5-10-20(18)22)23(30)29-14-13-26(32)12-8-7-9-19(26)17-29/h5-6,10-11,16,19,21,32H,7-9,12-15,17H2,1-4H3,(H,27,31). The number of hydrogen-bond donors (Lipinski definition) is 2. The van der Waals surface area contributed by atoms with Crippen LogP contribution in [0.1, 0.15) is 58.4 Å².